The summed E-state index contributed by atoms with van der Waals surface area (Å²) in [4.78, 5) is 32.8. The Balaban J connectivity index is 2.08. The number of aryl methyl sites for hydroxylation is 2. The average molecular weight is 327 g/mol. The predicted octanol–water partition coefficient (Wildman–Crippen LogP) is 0.295. The van der Waals surface area contributed by atoms with Crippen molar-refractivity contribution in [1.82, 2.24) is 23.7 Å². The van der Waals surface area contributed by atoms with E-state index in [1.165, 1.54) is 11.6 Å². The Bertz CT molecular complexity index is 1030. The molecule has 0 aliphatic rings. The maximum Gasteiger partial charge on any atom is 0.332 e. The fourth-order valence-electron chi connectivity index (χ4n) is 2.46. The van der Waals surface area contributed by atoms with Crippen LogP contribution in [0.15, 0.2) is 39.2 Å². The lowest BCUT2D eigenvalue weighted by Gasteiger charge is -2.05. The van der Waals surface area contributed by atoms with Crippen molar-refractivity contribution < 1.29 is 0 Å². The van der Waals surface area contributed by atoms with E-state index in [2.05, 4.69) is 20.5 Å². The summed E-state index contributed by atoms with van der Waals surface area (Å²) >= 11 is 0. The van der Waals surface area contributed by atoms with Gasteiger partial charge in [0.25, 0.3) is 5.56 Å². The molecule has 24 heavy (non-hydrogen) atoms. The van der Waals surface area contributed by atoms with Gasteiger partial charge >= 0.3 is 5.69 Å². The molecule has 3 aromatic heterocycles. The number of imidazole rings is 1. The van der Waals surface area contributed by atoms with Gasteiger partial charge in [-0.15, -0.1) is 0 Å². The molecule has 0 amide bonds. The first-order valence-electron chi connectivity index (χ1n) is 7.40. The highest BCUT2D eigenvalue weighted by molar-refractivity contribution is 5.80. The minimum Gasteiger partial charge on any atom is -0.303 e. The molecule has 1 N–H and O–H groups in total. The molecule has 0 unspecified atom stereocenters. The Labute approximate surface area is 136 Å². The van der Waals surface area contributed by atoms with Crippen LogP contribution in [-0.4, -0.2) is 29.9 Å². The minimum atomic E-state index is -0.418. The summed E-state index contributed by atoms with van der Waals surface area (Å²) in [5, 5.41) is 4.13. The highest BCUT2D eigenvalue weighted by atomic mass is 16.2. The normalized spacial score (nSPS) is 11.5. The largest absolute Gasteiger partial charge is 0.332 e. The van der Waals surface area contributed by atoms with Crippen molar-refractivity contribution in [2.45, 2.75) is 13.5 Å². The van der Waals surface area contributed by atoms with E-state index >= 15 is 0 Å². The first-order valence-corrected chi connectivity index (χ1v) is 7.40. The molecular weight excluding hydrogens is 310 g/mol. The smallest absolute Gasteiger partial charge is 0.303 e. The zero-order valence-electron chi connectivity index (χ0n) is 13.6. The summed E-state index contributed by atoms with van der Waals surface area (Å²) in [5.74, 6) is 0.394. The van der Waals surface area contributed by atoms with Gasteiger partial charge in [-0.05, 0) is 13.0 Å². The van der Waals surface area contributed by atoms with Gasteiger partial charge in [0, 0.05) is 38.6 Å². The molecule has 3 heterocycles. The molecule has 3 rings (SSSR count). The van der Waals surface area contributed by atoms with Gasteiger partial charge in [-0.2, -0.15) is 10.1 Å². The van der Waals surface area contributed by atoms with E-state index in [9.17, 15) is 9.59 Å². The number of nitrogens with one attached hydrogen (secondary N) is 1. The third-order valence-electron chi connectivity index (χ3n) is 3.73. The number of nitrogens with zero attached hydrogens (tertiary/aromatic N) is 6. The van der Waals surface area contributed by atoms with E-state index in [0.29, 0.717) is 23.7 Å². The van der Waals surface area contributed by atoms with Crippen molar-refractivity contribution in [3.8, 4) is 0 Å². The van der Waals surface area contributed by atoms with Crippen LogP contribution in [0, 0.1) is 0 Å². The number of hydrogen-bond donors (Lipinski definition) is 1. The minimum absolute atomic E-state index is 0.323. The first-order chi connectivity index (χ1) is 11.5. The van der Waals surface area contributed by atoms with Gasteiger partial charge in [0.05, 0.1) is 6.21 Å². The molecule has 0 spiro atoms. The molecule has 0 atom stereocenters. The van der Waals surface area contributed by atoms with Crippen molar-refractivity contribution in [3.05, 3.63) is 50.9 Å². The summed E-state index contributed by atoms with van der Waals surface area (Å²) in [6, 6.07) is 3.67. The molecule has 0 saturated carbocycles. The molecule has 0 aliphatic heterocycles. The van der Waals surface area contributed by atoms with Crippen molar-refractivity contribution in [2.24, 2.45) is 19.2 Å². The molecule has 9 heteroatoms. The second kappa shape index (κ2) is 6.11. The van der Waals surface area contributed by atoms with E-state index < -0.39 is 5.69 Å². The fourth-order valence-corrected chi connectivity index (χ4v) is 2.46. The van der Waals surface area contributed by atoms with E-state index in [1.54, 1.807) is 30.2 Å². The lowest BCUT2D eigenvalue weighted by Crippen LogP contribution is -2.37. The van der Waals surface area contributed by atoms with Gasteiger partial charge in [0.2, 0.25) is 5.95 Å². The molecule has 124 valence electrons. The number of anilines is 1. The molecule has 0 fully saturated rings. The van der Waals surface area contributed by atoms with E-state index in [1.807, 2.05) is 19.1 Å². The Kier molecular flexibility index (Phi) is 3.98. The van der Waals surface area contributed by atoms with Gasteiger partial charge in [0.1, 0.15) is 0 Å². The second-order valence-corrected chi connectivity index (χ2v) is 5.21. The van der Waals surface area contributed by atoms with Crippen molar-refractivity contribution in [1.29, 1.82) is 0 Å². The van der Waals surface area contributed by atoms with Crippen molar-refractivity contribution >= 4 is 23.3 Å². The summed E-state index contributed by atoms with van der Waals surface area (Å²) in [6.07, 6.45) is 4.95. The fraction of sp³-hybridized carbons (Fsp3) is 0.267. The molecule has 0 saturated heterocycles. The first kappa shape index (κ1) is 15.7. The molecule has 0 aromatic carbocycles. The number of aromatic nitrogens is 5. The number of rotatable bonds is 4. The standard InChI is InChI=1S/C15H17N7O2/c1-4-22-11-12(20(2)15(24)21(3)13(11)23)18-14(22)19-17-9-10-6-5-7-16-8-10/h5-9H,4H2,1-3H3,(H,18,19)/b17-9+. The van der Waals surface area contributed by atoms with Gasteiger partial charge in [-0.1, -0.05) is 6.07 Å². The van der Waals surface area contributed by atoms with Crippen molar-refractivity contribution in [2.75, 3.05) is 5.43 Å². The maximum atomic E-state index is 12.4. The third kappa shape index (κ3) is 2.49. The lowest BCUT2D eigenvalue weighted by molar-refractivity contribution is 0.700. The molecule has 9 nitrogen and oxygen atoms in total. The summed E-state index contributed by atoms with van der Waals surface area (Å²) in [7, 11) is 3.03. The topological polar surface area (TPSA) is 99.1 Å². The molecular formula is C15H17N7O2. The molecule has 3 aromatic rings. The average Bonchev–Trinajstić information content (AvgIpc) is 2.97. The Morgan fingerprint density at radius 2 is 2.08 bits per heavy atom. The van der Waals surface area contributed by atoms with Crippen LogP contribution in [0.5, 0.6) is 0 Å². The SMILES string of the molecule is CCn1c(N/N=C/c2cccnc2)nc2c1c(=O)n(C)c(=O)n2C. The van der Waals surface area contributed by atoms with E-state index in [0.717, 1.165) is 10.1 Å². The van der Waals surface area contributed by atoms with Crippen LogP contribution >= 0.6 is 0 Å². The van der Waals surface area contributed by atoms with E-state index in [4.69, 9.17) is 0 Å². The highest BCUT2D eigenvalue weighted by Gasteiger charge is 2.17. The van der Waals surface area contributed by atoms with Crippen LogP contribution < -0.4 is 16.7 Å². The summed E-state index contributed by atoms with van der Waals surface area (Å²) in [5.41, 5.74) is 3.54. The lowest BCUT2D eigenvalue weighted by atomic mass is 10.3. The van der Waals surface area contributed by atoms with Gasteiger partial charge in [-0.25, -0.2) is 10.2 Å². The highest BCUT2D eigenvalue weighted by Crippen LogP contribution is 2.15. The number of pyridine rings is 1. The zero-order chi connectivity index (χ0) is 17.3. The second-order valence-electron chi connectivity index (χ2n) is 5.21. The van der Waals surface area contributed by atoms with Crippen LogP contribution in [0.1, 0.15) is 12.5 Å². The van der Waals surface area contributed by atoms with Crippen LogP contribution in [0.3, 0.4) is 0 Å². The van der Waals surface area contributed by atoms with Crippen LogP contribution in [0.25, 0.3) is 11.2 Å². The quantitative estimate of drug-likeness (QED) is 0.549. The number of fused-ring (bicyclic) bond motifs is 1. The Morgan fingerprint density at radius 3 is 2.75 bits per heavy atom. The Hall–Kier alpha value is -3.23. The monoisotopic (exact) mass is 327 g/mol. The van der Waals surface area contributed by atoms with Crippen molar-refractivity contribution in [3.63, 3.8) is 0 Å². The third-order valence-corrected chi connectivity index (χ3v) is 3.73. The molecule has 0 bridgehead atoms. The van der Waals surface area contributed by atoms with Gasteiger partial charge < -0.3 is 4.57 Å². The summed E-state index contributed by atoms with van der Waals surface area (Å²) in [6.45, 7) is 2.40. The maximum absolute atomic E-state index is 12.4. The van der Waals surface area contributed by atoms with Gasteiger partial charge in [-0.3, -0.25) is 18.9 Å². The zero-order valence-corrected chi connectivity index (χ0v) is 13.6. The molecule has 0 radical (unpaired) electrons. The predicted molar refractivity (Wildman–Crippen MR) is 91.3 cm³/mol. The van der Waals surface area contributed by atoms with Crippen LogP contribution in [0.2, 0.25) is 0 Å². The number of hydrogen-bond acceptors (Lipinski definition) is 6. The number of hydrazone groups is 1. The van der Waals surface area contributed by atoms with Crippen LogP contribution in [0.4, 0.5) is 5.95 Å². The summed E-state index contributed by atoms with van der Waals surface area (Å²) < 4.78 is 4.11. The Morgan fingerprint density at radius 1 is 1.29 bits per heavy atom. The van der Waals surface area contributed by atoms with E-state index in [-0.39, 0.29) is 5.56 Å². The molecule has 0 aliphatic carbocycles. The van der Waals surface area contributed by atoms with Crippen LogP contribution in [-0.2, 0) is 20.6 Å². The van der Waals surface area contributed by atoms with Gasteiger partial charge in [0.15, 0.2) is 11.2 Å².